The van der Waals surface area contributed by atoms with Gasteiger partial charge < -0.3 is 15.4 Å². The number of carbonyl (C=O) groups excluding carboxylic acids is 3. The van der Waals surface area contributed by atoms with Gasteiger partial charge in [0.1, 0.15) is 10.9 Å². The molecule has 1 aliphatic carbocycles. The number of hydrogen-bond donors (Lipinski definition) is 1. The lowest BCUT2D eigenvalue weighted by molar-refractivity contribution is -0.127. The van der Waals surface area contributed by atoms with Gasteiger partial charge in [0.25, 0.3) is 5.91 Å². The van der Waals surface area contributed by atoms with Crippen molar-refractivity contribution < 1.29 is 19.1 Å². The molecule has 2 N–H and O–H groups in total. The number of nitrogens with zero attached hydrogens (tertiary/aromatic N) is 2. The second-order valence-electron chi connectivity index (χ2n) is 10.6. The van der Waals surface area contributed by atoms with E-state index in [0.29, 0.717) is 26.7 Å². The topological polar surface area (TPSA) is 92.9 Å². The number of esters is 1. The predicted octanol–water partition coefficient (Wildman–Crippen LogP) is 6.12. The highest BCUT2D eigenvalue weighted by Gasteiger charge is 2.42. The van der Waals surface area contributed by atoms with Gasteiger partial charge in [0.15, 0.2) is 0 Å². The molecule has 0 spiro atoms. The Labute approximate surface area is 254 Å². The van der Waals surface area contributed by atoms with Gasteiger partial charge in [0.05, 0.1) is 17.6 Å². The van der Waals surface area contributed by atoms with Crippen LogP contribution in [-0.2, 0) is 14.3 Å². The summed E-state index contributed by atoms with van der Waals surface area (Å²) in [6.07, 6.45) is 9.38. The van der Waals surface area contributed by atoms with Crippen LogP contribution in [0.3, 0.4) is 0 Å². The molecule has 212 valence electrons. The molecule has 2 atom stereocenters. The third kappa shape index (κ3) is 5.37. The Kier molecular flexibility index (Phi) is 7.70. The molecule has 3 aromatic carbocycles. The molecule has 2 fully saturated rings. The van der Waals surface area contributed by atoms with E-state index < -0.39 is 5.91 Å². The number of thiocarbonyl (C=S) groups is 1. The molecule has 2 heterocycles. The summed E-state index contributed by atoms with van der Waals surface area (Å²) in [6, 6.07) is 22.7. The molecule has 9 heteroatoms. The molecule has 0 radical (unpaired) electrons. The maximum absolute atomic E-state index is 12.8. The highest BCUT2D eigenvalue weighted by molar-refractivity contribution is 8.26. The van der Waals surface area contributed by atoms with Crippen molar-refractivity contribution in [2.75, 3.05) is 18.6 Å². The zero-order chi connectivity index (χ0) is 29.4. The fraction of sp³-hybridized carbons (Fsp3) is 0.212. The highest BCUT2D eigenvalue weighted by atomic mass is 32.2. The van der Waals surface area contributed by atoms with Crippen molar-refractivity contribution in [1.29, 1.82) is 0 Å². The first-order chi connectivity index (χ1) is 20.3. The lowest BCUT2D eigenvalue weighted by atomic mass is 9.96. The third-order valence-electron chi connectivity index (χ3n) is 7.98. The molecule has 3 aliphatic rings. The number of ether oxygens (including phenoxy) is 1. The molecule has 7 nitrogen and oxygen atoms in total. The van der Waals surface area contributed by atoms with E-state index in [-0.39, 0.29) is 18.4 Å². The standard InChI is InChI=1S/C33H29N3O4S2/c1-40-32(39)23-12-7-20(8-13-23)5-6-21-9-14-24(15-10-21)36-27-4-2-3-25(27)26-17-22(11-16-28(26)36)18-29-31(38)35(19-30(34)37)33(41)42-29/h5-18,25,27H,2-4,19H2,1H3,(H2,34,37)/b6-5+,29-18+. The van der Waals surface area contributed by atoms with Crippen LogP contribution < -0.4 is 10.6 Å². The number of nitrogens with two attached hydrogens (primary N) is 1. The summed E-state index contributed by atoms with van der Waals surface area (Å²) >= 11 is 6.50. The second-order valence-corrected chi connectivity index (χ2v) is 12.2. The van der Waals surface area contributed by atoms with Crippen molar-refractivity contribution in [3.05, 3.63) is 99.5 Å². The number of benzene rings is 3. The summed E-state index contributed by atoms with van der Waals surface area (Å²) in [6.45, 7) is -0.205. The largest absolute Gasteiger partial charge is 0.465 e. The van der Waals surface area contributed by atoms with Gasteiger partial charge >= 0.3 is 5.97 Å². The summed E-state index contributed by atoms with van der Waals surface area (Å²) < 4.78 is 5.12. The van der Waals surface area contributed by atoms with E-state index in [0.717, 1.165) is 35.2 Å². The molecule has 2 unspecified atom stereocenters. The minimum atomic E-state index is -0.590. The number of methoxy groups -OCH3 is 1. The van der Waals surface area contributed by atoms with Crippen molar-refractivity contribution in [2.24, 2.45) is 5.73 Å². The summed E-state index contributed by atoms with van der Waals surface area (Å²) in [5, 5.41) is 0. The monoisotopic (exact) mass is 595 g/mol. The lowest BCUT2D eigenvalue weighted by Crippen LogP contribution is -2.36. The van der Waals surface area contributed by atoms with Crippen LogP contribution in [-0.4, -0.2) is 46.7 Å². The van der Waals surface area contributed by atoms with Crippen LogP contribution in [0.2, 0.25) is 0 Å². The van der Waals surface area contributed by atoms with Crippen LogP contribution in [0, 0.1) is 0 Å². The maximum Gasteiger partial charge on any atom is 0.337 e. The molecular formula is C33H29N3O4S2. The summed E-state index contributed by atoms with van der Waals surface area (Å²) in [7, 11) is 1.38. The Bertz CT molecular complexity index is 1650. The van der Waals surface area contributed by atoms with Gasteiger partial charge in [-0.25, -0.2) is 4.79 Å². The van der Waals surface area contributed by atoms with Crippen molar-refractivity contribution >= 4 is 75.7 Å². The number of thioether (sulfide) groups is 1. The molecule has 6 rings (SSSR count). The van der Waals surface area contributed by atoms with E-state index in [1.165, 1.54) is 41.4 Å². The van der Waals surface area contributed by atoms with E-state index in [4.69, 9.17) is 22.7 Å². The van der Waals surface area contributed by atoms with E-state index in [9.17, 15) is 14.4 Å². The molecule has 0 aromatic heterocycles. The Morgan fingerprint density at radius 2 is 1.67 bits per heavy atom. The van der Waals surface area contributed by atoms with E-state index in [2.05, 4.69) is 47.4 Å². The Morgan fingerprint density at radius 1 is 1.00 bits per heavy atom. The van der Waals surface area contributed by atoms with Gasteiger partial charge in [0.2, 0.25) is 5.91 Å². The SMILES string of the molecule is COC(=O)c1ccc(/C=C/c2ccc(N3c4ccc(/C=C5/SC(=S)N(CC(N)=O)C5=O)cc4C4CCCC43)cc2)cc1. The third-order valence-corrected chi connectivity index (χ3v) is 9.36. The van der Waals surface area contributed by atoms with Crippen molar-refractivity contribution in [3.8, 4) is 0 Å². The number of amides is 2. The van der Waals surface area contributed by atoms with Gasteiger partial charge in [-0.1, -0.05) is 72.9 Å². The van der Waals surface area contributed by atoms with Crippen LogP contribution in [0.4, 0.5) is 11.4 Å². The summed E-state index contributed by atoms with van der Waals surface area (Å²) in [5.74, 6) is -0.779. The second kappa shape index (κ2) is 11.6. The lowest BCUT2D eigenvalue weighted by Gasteiger charge is -2.27. The van der Waals surface area contributed by atoms with E-state index >= 15 is 0 Å². The van der Waals surface area contributed by atoms with Gasteiger partial charge in [0, 0.05) is 23.3 Å². The van der Waals surface area contributed by atoms with Crippen LogP contribution in [0.15, 0.2) is 71.6 Å². The number of carbonyl (C=O) groups is 3. The quantitative estimate of drug-likeness (QED) is 0.152. The van der Waals surface area contributed by atoms with Crippen molar-refractivity contribution in [3.63, 3.8) is 0 Å². The van der Waals surface area contributed by atoms with Crippen molar-refractivity contribution in [2.45, 2.75) is 31.2 Å². The number of rotatable bonds is 7. The fourth-order valence-corrected chi connectivity index (χ4v) is 7.29. The molecule has 2 aliphatic heterocycles. The summed E-state index contributed by atoms with van der Waals surface area (Å²) in [5.41, 5.74) is 12.5. The highest BCUT2D eigenvalue weighted by Crippen LogP contribution is 2.52. The zero-order valence-corrected chi connectivity index (χ0v) is 24.6. The minimum Gasteiger partial charge on any atom is -0.465 e. The normalized spacial score (nSPS) is 20.5. The zero-order valence-electron chi connectivity index (χ0n) is 23.0. The van der Waals surface area contributed by atoms with E-state index in [1.807, 2.05) is 30.4 Å². The average molecular weight is 596 g/mol. The van der Waals surface area contributed by atoms with Crippen LogP contribution >= 0.6 is 24.0 Å². The van der Waals surface area contributed by atoms with Gasteiger partial charge in [-0.2, -0.15) is 0 Å². The Hall–Kier alpha value is -4.21. The number of hydrogen-bond acceptors (Lipinski definition) is 7. The first-order valence-electron chi connectivity index (χ1n) is 13.8. The Balaban J connectivity index is 1.22. The number of anilines is 2. The van der Waals surface area contributed by atoms with Gasteiger partial charge in [-0.05, 0) is 77.6 Å². The van der Waals surface area contributed by atoms with E-state index in [1.54, 1.807) is 12.1 Å². The van der Waals surface area contributed by atoms with Crippen LogP contribution in [0.1, 0.15) is 57.8 Å². The molecule has 1 saturated carbocycles. The molecule has 3 aromatic rings. The van der Waals surface area contributed by atoms with Gasteiger partial charge in [-0.3, -0.25) is 14.5 Å². The fourth-order valence-electron chi connectivity index (χ4n) is 6.03. The first-order valence-corrected chi connectivity index (χ1v) is 15.0. The molecule has 42 heavy (non-hydrogen) atoms. The Morgan fingerprint density at radius 3 is 2.33 bits per heavy atom. The average Bonchev–Trinajstić information content (AvgIpc) is 3.66. The van der Waals surface area contributed by atoms with Crippen LogP contribution in [0.5, 0.6) is 0 Å². The number of fused-ring (bicyclic) bond motifs is 3. The summed E-state index contributed by atoms with van der Waals surface area (Å²) in [4.78, 5) is 40.1. The van der Waals surface area contributed by atoms with Crippen LogP contribution in [0.25, 0.3) is 18.2 Å². The van der Waals surface area contributed by atoms with Gasteiger partial charge in [-0.15, -0.1) is 0 Å². The van der Waals surface area contributed by atoms with Crippen molar-refractivity contribution in [1.82, 2.24) is 4.90 Å². The molecule has 1 saturated heterocycles. The molecular weight excluding hydrogens is 567 g/mol. The molecule has 0 bridgehead atoms. The first kappa shape index (κ1) is 27.9. The minimum absolute atomic E-state index is 0.205. The smallest absolute Gasteiger partial charge is 0.337 e. The molecule has 2 amide bonds. The number of primary amides is 1. The maximum atomic E-state index is 12.8. The predicted molar refractivity (Wildman–Crippen MR) is 171 cm³/mol.